The molecule has 1 unspecified atom stereocenters. The Labute approximate surface area is 248 Å². The molecule has 1 atom stereocenters. The van der Waals surface area contributed by atoms with Crippen LogP contribution < -0.4 is 4.74 Å². The monoisotopic (exact) mass is 552 g/mol. The highest BCUT2D eigenvalue weighted by Gasteiger charge is 2.58. The predicted molar refractivity (Wildman–Crippen MR) is 161 cm³/mol. The summed E-state index contributed by atoms with van der Waals surface area (Å²) in [5, 5.41) is 0. The van der Waals surface area contributed by atoms with Gasteiger partial charge in [0.05, 0.1) is 6.61 Å². The minimum Gasteiger partial charge on any atom is -0.490 e. The fourth-order valence-corrected chi connectivity index (χ4v) is 15.7. The van der Waals surface area contributed by atoms with Gasteiger partial charge in [-0.25, -0.2) is 0 Å². The van der Waals surface area contributed by atoms with E-state index < -0.39 is 0 Å². The lowest BCUT2D eigenvalue weighted by atomic mass is 9.43. The molecule has 0 amide bonds. The SMILES string of the molecule is c1c(OCC2CO2)c(C23CC4CC(CC(C4)C2)C3)cc(C23CC4CC(CC(C4)C2)C3)c1C12CC3CC(CC(C3)C1)C2. The molecule has 2 heteroatoms. The first-order chi connectivity index (χ1) is 20.0. The van der Waals surface area contributed by atoms with Crippen LogP contribution in [0.15, 0.2) is 12.1 Å². The van der Waals surface area contributed by atoms with Crippen LogP contribution in [0.5, 0.6) is 5.75 Å². The zero-order valence-corrected chi connectivity index (χ0v) is 25.4. The van der Waals surface area contributed by atoms with E-state index in [2.05, 4.69) is 12.1 Å². The Balaban J connectivity index is 1.12. The standard InChI is InChI=1S/C39H52O2/c1-23-2-25-3-24(1)13-37(12-23,14-25)33-10-35(39-18-29-7-30(19-39)9-31(8-29)20-39)36(41-22-32-21-40-32)11-34(33)38-15-26-4-27(16-38)6-28(5-26)17-38/h10-11,23-32H,1-9,12-22H2. The van der Waals surface area contributed by atoms with Crippen LogP contribution in [-0.4, -0.2) is 19.3 Å². The van der Waals surface area contributed by atoms with Gasteiger partial charge in [0, 0.05) is 5.56 Å². The third-order valence-corrected chi connectivity index (χ3v) is 15.8. The summed E-state index contributed by atoms with van der Waals surface area (Å²) in [4.78, 5) is 0. The average Bonchev–Trinajstić information content (AvgIpc) is 3.74. The summed E-state index contributed by atoms with van der Waals surface area (Å²) in [6.07, 6.45) is 27.5. The van der Waals surface area contributed by atoms with Crippen molar-refractivity contribution in [1.29, 1.82) is 0 Å². The second-order valence-corrected chi connectivity index (χ2v) is 18.8. The first kappa shape index (κ1) is 24.3. The van der Waals surface area contributed by atoms with E-state index in [4.69, 9.17) is 9.47 Å². The number of hydrogen-bond donors (Lipinski definition) is 0. The molecule has 0 radical (unpaired) electrons. The first-order valence-corrected chi connectivity index (χ1v) is 18.4. The molecule has 12 saturated carbocycles. The maximum Gasteiger partial charge on any atom is 0.123 e. The van der Waals surface area contributed by atoms with Crippen molar-refractivity contribution in [2.45, 2.75) is 138 Å². The maximum atomic E-state index is 7.00. The summed E-state index contributed by atoms with van der Waals surface area (Å²) in [6, 6.07) is 5.74. The Morgan fingerprint density at radius 2 is 0.805 bits per heavy atom. The molecule has 0 spiro atoms. The van der Waals surface area contributed by atoms with Crippen molar-refractivity contribution in [2.75, 3.05) is 13.2 Å². The van der Waals surface area contributed by atoms with E-state index in [1.807, 2.05) is 11.1 Å². The van der Waals surface area contributed by atoms with Crippen LogP contribution in [-0.2, 0) is 21.0 Å². The summed E-state index contributed by atoms with van der Waals surface area (Å²) < 4.78 is 12.7. The van der Waals surface area contributed by atoms with Gasteiger partial charge in [-0.3, -0.25) is 0 Å². The van der Waals surface area contributed by atoms with Crippen LogP contribution in [0.2, 0.25) is 0 Å². The van der Waals surface area contributed by atoms with Gasteiger partial charge in [-0.15, -0.1) is 0 Å². The van der Waals surface area contributed by atoms with Gasteiger partial charge in [-0.1, -0.05) is 6.07 Å². The van der Waals surface area contributed by atoms with Gasteiger partial charge >= 0.3 is 0 Å². The van der Waals surface area contributed by atoms with Crippen molar-refractivity contribution in [2.24, 2.45) is 53.3 Å². The molecule has 41 heavy (non-hydrogen) atoms. The summed E-state index contributed by atoms with van der Waals surface area (Å²) in [5.41, 5.74) is 6.78. The molecule has 14 rings (SSSR count). The van der Waals surface area contributed by atoms with Crippen LogP contribution in [0.4, 0.5) is 0 Å². The molecule has 0 N–H and O–H groups in total. The molecule has 1 aromatic rings. The highest BCUT2D eigenvalue weighted by molar-refractivity contribution is 5.54. The van der Waals surface area contributed by atoms with Crippen molar-refractivity contribution < 1.29 is 9.47 Å². The van der Waals surface area contributed by atoms with Crippen molar-refractivity contribution in [1.82, 2.24) is 0 Å². The molecule has 1 saturated heterocycles. The van der Waals surface area contributed by atoms with E-state index in [0.717, 1.165) is 66.5 Å². The Kier molecular flexibility index (Phi) is 4.84. The Bertz CT molecular complexity index is 1160. The highest BCUT2D eigenvalue weighted by Crippen LogP contribution is 2.68. The quantitative estimate of drug-likeness (QED) is 0.329. The summed E-state index contributed by atoms with van der Waals surface area (Å²) in [7, 11) is 0. The van der Waals surface area contributed by atoms with E-state index in [-0.39, 0.29) is 0 Å². The molecule has 12 bridgehead atoms. The van der Waals surface area contributed by atoms with Crippen LogP contribution in [0.3, 0.4) is 0 Å². The van der Waals surface area contributed by atoms with Gasteiger partial charge in [-0.2, -0.15) is 0 Å². The Morgan fingerprint density at radius 1 is 0.488 bits per heavy atom. The van der Waals surface area contributed by atoms with Crippen LogP contribution in [0.1, 0.15) is 132 Å². The summed E-state index contributed by atoms with van der Waals surface area (Å²) >= 11 is 0. The van der Waals surface area contributed by atoms with Gasteiger partial charge < -0.3 is 9.47 Å². The second-order valence-electron chi connectivity index (χ2n) is 18.8. The lowest BCUT2D eigenvalue weighted by molar-refractivity contribution is -0.0187. The van der Waals surface area contributed by atoms with E-state index in [0.29, 0.717) is 22.3 Å². The Morgan fingerprint density at radius 3 is 1.15 bits per heavy atom. The van der Waals surface area contributed by atoms with E-state index >= 15 is 0 Å². The van der Waals surface area contributed by atoms with Crippen LogP contribution in [0.25, 0.3) is 0 Å². The molecule has 13 aliphatic rings. The molecule has 1 aliphatic heterocycles. The molecule has 1 aromatic carbocycles. The Hall–Kier alpha value is -1.02. The number of rotatable bonds is 6. The van der Waals surface area contributed by atoms with Crippen molar-refractivity contribution in [3.05, 3.63) is 28.8 Å². The molecule has 1 heterocycles. The van der Waals surface area contributed by atoms with Gasteiger partial charge in [0.2, 0.25) is 0 Å². The molecular weight excluding hydrogens is 500 g/mol. The number of epoxide rings is 1. The van der Waals surface area contributed by atoms with Gasteiger partial charge in [0.15, 0.2) is 0 Å². The molecule has 0 aromatic heterocycles. The van der Waals surface area contributed by atoms with Crippen molar-refractivity contribution >= 4 is 0 Å². The lowest BCUT2D eigenvalue weighted by Gasteiger charge is -2.61. The fraction of sp³-hybridized carbons (Fsp3) is 0.846. The molecule has 220 valence electrons. The molecular formula is C39H52O2. The minimum atomic E-state index is 0.338. The van der Waals surface area contributed by atoms with Gasteiger partial charge in [-0.05, 0) is 202 Å². The smallest absolute Gasteiger partial charge is 0.123 e. The number of ether oxygens (including phenoxy) is 2. The zero-order valence-electron chi connectivity index (χ0n) is 25.4. The molecule has 13 fully saturated rings. The largest absolute Gasteiger partial charge is 0.490 e. The first-order valence-electron chi connectivity index (χ1n) is 18.4. The third kappa shape index (κ3) is 3.58. The minimum absolute atomic E-state index is 0.338. The average molecular weight is 553 g/mol. The third-order valence-electron chi connectivity index (χ3n) is 15.8. The topological polar surface area (TPSA) is 21.8 Å². The normalized spacial score (nSPS) is 54.7. The van der Waals surface area contributed by atoms with Crippen LogP contribution in [0, 0.1) is 53.3 Å². The summed E-state index contributed by atoms with van der Waals surface area (Å²) in [5.74, 6) is 10.3. The van der Waals surface area contributed by atoms with Gasteiger partial charge in [0.25, 0.3) is 0 Å². The lowest BCUT2D eigenvalue weighted by Crippen LogP contribution is -2.53. The van der Waals surface area contributed by atoms with E-state index in [9.17, 15) is 0 Å². The molecule has 12 aliphatic carbocycles. The van der Waals surface area contributed by atoms with Crippen molar-refractivity contribution in [3.63, 3.8) is 0 Å². The van der Waals surface area contributed by atoms with Crippen LogP contribution >= 0.6 is 0 Å². The molecule has 2 nitrogen and oxygen atoms in total. The fourth-order valence-electron chi connectivity index (χ4n) is 15.7. The second kappa shape index (κ2) is 8.17. The highest BCUT2D eigenvalue weighted by atomic mass is 16.6. The predicted octanol–water partition coefficient (Wildman–Crippen LogP) is 8.87. The van der Waals surface area contributed by atoms with Gasteiger partial charge in [0.1, 0.15) is 18.5 Å². The maximum absolute atomic E-state index is 7.00. The van der Waals surface area contributed by atoms with Crippen molar-refractivity contribution in [3.8, 4) is 5.75 Å². The summed E-state index contributed by atoms with van der Waals surface area (Å²) in [6.45, 7) is 1.68. The number of benzene rings is 1. The number of hydrogen-bond acceptors (Lipinski definition) is 2. The zero-order chi connectivity index (χ0) is 26.6. The van der Waals surface area contributed by atoms with E-state index in [1.54, 1.807) is 44.1 Å². The van der Waals surface area contributed by atoms with E-state index in [1.165, 1.54) is 82.8 Å².